The molecule has 0 saturated heterocycles. The average molecular weight is 287 g/mol. The first-order chi connectivity index (χ1) is 10.8. The van der Waals surface area contributed by atoms with E-state index >= 15 is 0 Å². The molecule has 2 atom stereocenters. The zero-order valence-electron chi connectivity index (χ0n) is 11.7. The van der Waals surface area contributed by atoms with Gasteiger partial charge in [0, 0.05) is 11.1 Å². The third-order valence-corrected chi connectivity index (χ3v) is 4.82. The van der Waals surface area contributed by atoms with Crippen molar-refractivity contribution in [2.24, 2.45) is 0 Å². The lowest BCUT2D eigenvalue weighted by Gasteiger charge is -2.32. The Morgan fingerprint density at radius 2 is 1.55 bits per heavy atom. The van der Waals surface area contributed by atoms with Gasteiger partial charge in [0.2, 0.25) is 0 Å². The van der Waals surface area contributed by atoms with Gasteiger partial charge in [0.25, 0.3) is 5.91 Å². The van der Waals surface area contributed by atoms with Crippen LogP contribution in [0.1, 0.15) is 33.2 Å². The number of allylic oxidation sites excluding steroid dienone is 2. The monoisotopic (exact) mass is 287 g/mol. The minimum absolute atomic E-state index is 0.0238. The Morgan fingerprint density at radius 1 is 0.864 bits per heavy atom. The van der Waals surface area contributed by atoms with Crippen LogP contribution in [-0.2, 0) is 0 Å². The van der Waals surface area contributed by atoms with Crippen molar-refractivity contribution in [1.82, 2.24) is 4.90 Å². The highest BCUT2D eigenvalue weighted by Crippen LogP contribution is 2.49. The molecule has 0 aromatic heterocycles. The largest absolute Gasteiger partial charge is 0.386 e. The first-order valence-electron chi connectivity index (χ1n) is 7.39. The van der Waals surface area contributed by atoms with Crippen LogP contribution in [0.5, 0.6) is 0 Å². The summed E-state index contributed by atoms with van der Waals surface area (Å²) in [6.45, 7) is 0. The van der Waals surface area contributed by atoms with Crippen LogP contribution in [0.15, 0.2) is 60.7 Å². The molecule has 2 aromatic rings. The van der Waals surface area contributed by atoms with Gasteiger partial charge in [-0.3, -0.25) is 9.69 Å². The first kappa shape index (κ1) is 12.0. The molecule has 0 unspecified atom stereocenters. The molecule has 5 rings (SSSR count). The second-order valence-electron chi connectivity index (χ2n) is 5.87. The molecule has 0 fully saturated rings. The highest BCUT2D eigenvalue weighted by atomic mass is 16.3. The molecule has 1 amide bonds. The molecule has 106 valence electrons. The quantitative estimate of drug-likeness (QED) is 0.809. The van der Waals surface area contributed by atoms with Gasteiger partial charge in [0.15, 0.2) is 0 Å². The Hall–Kier alpha value is -2.65. The average Bonchev–Trinajstić information content (AvgIpc) is 3.02. The third kappa shape index (κ3) is 1.27. The number of hydrogen-bond donors (Lipinski definition) is 1. The summed E-state index contributed by atoms with van der Waals surface area (Å²) in [6.07, 6.45) is 3.36. The minimum Gasteiger partial charge on any atom is -0.386 e. The number of carbonyl (C=O) groups excluding carboxylic acids is 1. The van der Waals surface area contributed by atoms with E-state index < -0.39 is 6.10 Å². The van der Waals surface area contributed by atoms with Gasteiger partial charge < -0.3 is 5.11 Å². The summed E-state index contributed by atoms with van der Waals surface area (Å²) in [4.78, 5) is 14.6. The molecule has 0 radical (unpaired) electrons. The Morgan fingerprint density at radius 3 is 2.36 bits per heavy atom. The van der Waals surface area contributed by atoms with E-state index in [1.54, 1.807) is 4.90 Å². The lowest BCUT2D eigenvalue weighted by molar-refractivity contribution is 0.0689. The number of amides is 1. The molecule has 2 heterocycles. The zero-order valence-corrected chi connectivity index (χ0v) is 11.7. The normalized spacial score (nSPS) is 24.2. The molecule has 1 N–H and O–H groups in total. The van der Waals surface area contributed by atoms with Gasteiger partial charge in [0.05, 0.1) is 11.7 Å². The molecule has 3 aliphatic rings. The van der Waals surface area contributed by atoms with E-state index in [2.05, 4.69) is 0 Å². The fourth-order valence-corrected chi connectivity index (χ4v) is 3.86. The second kappa shape index (κ2) is 3.96. The van der Waals surface area contributed by atoms with Crippen molar-refractivity contribution in [2.75, 3.05) is 0 Å². The topological polar surface area (TPSA) is 40.5 Å². The molecule has 1 aliphatic carbocycles. The van der Waals surface area contributed by atoms with E-state index in [9.17, 15) is 9.90 Å². The predicted octanol–water partition coefficient (Wildman–Crippen LogP) is 3.00. The van der Waals surface area contributed by atoms with Crippen molar-refractivity contribution in [3.05, 3.63) is 82.9 Å². The summed E-state index contributed by atoms with van der Waals surface area (Å²) >= 11 is 0. The van der Waals surface area contributed by atoms with Gasteiger partial charge in [-0.05, 0) is 28.8 Å². The van der Waals surface area contributed by atoms with Gasteiger partial charge in [-0.25, -0.2) is 0 Å². The fraction of sp³-hybridized carbons (Fsp3) is 0.105. The molecule has 2 aliphatic heterocycles. The Bertz CT molecular complexity index is 894. The van der Waals surface area contributed by atoms with Gasteiger partial charge in [-0.2, -0.15) is 0 Å². The smallest absolute Gasteiger partial charge is 0.259 e. The SMILES string of the molecule is O=C1c2ccccc2C2=CC=C3c4ccccc4[C@@H](O)[C@@H]3N12. The third-order valence-electron chi connectivity index (χ3n) is 4.82. The Labute approximate surface area is 127 Å². The van der Waals surface area contributed by atoms with E-state index in [0.29, 0.717) is 5.56 Å². The molecule has 0 saturated carbocycles. The van der Waals surface area contributed by atoms with Crippen molar-refractivity contribution in [2.45, 2.75) is 12.1 Å². The predicted molar refractivity (Wildman–Crippen MR) is 83.8 cm³/mol. The summed E-state index contributed by atoms with van der Waals surface area (Å²) in [7, 11) is 0. The minimum atomic E-state index is -0.676. The summed E-state index contributed by atoms with van der Waals surface area (Å²) < 4.78 is 0. The van der Waals surface area contributed by atoms with Crippen LogP contribution in [0.3, 0.4) is 0 Å². The van der Waals surface area contributed by atoms with Crippen LogP contribution in [0, 0.1) is 0 Å². The lowest BCUT2D eigenvalue weighted by Crippen LogP contribution is -2.38. The zero-order chi connectivity index (χ0) is 14.8. The molecule has 2 aromatic carbocycles. The summed E-state index contributed by atoms with van der Waals surface area (Å²) in [5.74, 6) is -0.0238. The maximum atomic E-state index is 12.8. The van der Waals surface area contributed by atoms with Crippen LogP contribution < -0.4 is 0 Å². The standard InChI is InChI=1S/C19H13NO2/c21-18-14-7-3-1-5-11(14)13-9-10-16-12-6-2-4-8-15(12)19(22)20(16)17(13)18/h1-10,17-18,21H/t17-,18-/m1/s1. The Kier molecular flexibility index (Phi) is 2.15. The lowest BCUT2D eigenvalue weighted by atomic mass is 9.99. The van der Waals surface area contributed by atoms with Crippen molar-refractivity contribution in [3.8, 4) is 0 Å². The van der Waals surface area contributed by atoms with E-state index in [1.165, 1.54) is 0 Å². The number of benzene rings is 2. The number of nitrogens with zero attached hydrogens (tertiary/aromatic N) is 1. The molecule has 0 spiro atoms. The van der Waals surface area contributed by atoms with E-state index in [1.807, 2.05) is 60.7 Å². The van der Waals surface area contributed by atoms with E-state index in [4.69, 9.17) is 0 Å². The number of rotatable bonds is 0. The molecular formula is C19H13NO2. The van der Waals surface area contributed by atoms with Crippen molar-refractivity contribution < 1.29 is 9.90 Å². The van der Waals surface area contributed by atoms with Crippen molar-refractivity contribution in [3.63, 3.8) is 0 Å². The van der Waals surface area contributed by atoms with Crippen LogP contribution in [0.4, 0.5) is 0 Å². The molecule has 22 heavy (non-hydrogen) atoms. The number of aliphatic hydroxyl groups excluding tert-OH is 1. The number of fused-ring (bicyclic) bond motifs is 7. The van der Waals surface area contributed by atoms with Crippen LogP contribution in [0.25, 0.3) is 11.3 Å². The first-order valence-corrected chi connectivity index (χ1v) is 7.39. The molecule has 0 bridgehead atoms. The fourth-order valence-electron chi connectivity index (χ4n) is 3.86. The summed E-state index contributed by atoms with van der Waals surface area (Å²) in [5.41, 5.74) is 5.52. The molecule has 3 heteroatoms. The maximum Gasteiger partial charge on any atom is 0.259 e. The van der Waals surface area contributed by atoms with Crippen LogP contribution in [0.2, 0.25) is 0 Å². The molecular weight excluding hydrogens is 274 g/mol. The summed E-state index contributed by atoms with van der Waals surface area (Å²) in [5, 5.41) is 10.8. The van der Waals surface area contributed by atoms with E-state index in [0.717, 1.165) is 28.0 Å². The number of aliphatic hydroxyl groups is 1. The van der Waals surface area contributed by atoms with Crippen LogP contribution >= 0.6 is 0 Å². The van der Waals surface area contributed by atoms with Crippen LogP contribution in [-0.4, -0.2) is 22.0 Å². The molecule has 3 nitrogen and oxygen atoms in total. The number of carbonyl (C=O) groups is 1. The van der Waals surface area contributed by atoms with Gasteiger partial charge >= 0.3 is 0 Å². The van der Waals surface area contributed by atoms with Crippen molar-refractivity contribution in [1.29, 1.82) is 0 Å². The van der Waals surface area contributed by atoms with Gasteiger partial charge in [0.1, 0.15) is 6.10 Å². The number of hydrogen-bond acceptors (Lipinski definition) is 2. The summed E-state index contributed by atoms with van der Waals surface area (Å²) in [6, 6.07) is 15.2. The maximum absolute atomic E-state index is 12.8. The Balaban J connectivity index is 1.74. The van der Waals surface area contributed by atoms with E-state index in [-0.39, 0.29) is 11.9 Å². The highest BCUT2D eigenvalue weighted by molar-refractivity contribution is 6.11. The van der Waals surface area contributed by atoms with Crippen molar-refractivity contribution >= 4 is 17.2 Å². The second-order valence-corrected chi connectivity index (χ2v) is 5.87. The van der Waals surface area contributed by atoms with Gasteiger partial charge in [-0.15, -0.1) is 0 Å². The highest BCUT2D eigenvalue weighted by Gasteiger charge is 2.47. The van der Waals surface area contributed by atoms with Gasteiger partial charge in [-0.1, -0.05) is 48.5 Å².